The summed E-state index contributed by atoms with van der Waals surface area (Å²) in [6.45, 7) is 2.13. The average Bonchev–Trinajstić information content (AvgIpc) is 2.78. The van der Waals surface area contributed by atoms with Crippen LogP contribution in [0, 0.1) is 0 Å². The molecule has 1 amide bonds. The molecule has 0 bridgehead atoms. The lowest BCUT2D eigenvalue weighted by Crippen LogP contribution is -2.16. The molecule has 32 heavy (non-hydrogen) atoms. The first kappa shape index (κ1) is 23.6. The van der Waals surface area contributed by atoms with E-state index < -0.39 is 15.9 Å². The number of unbranched alkanes of at least 4 members (excludes halogenated alkanes) is 1. The summed E-state index contributed by atoms with van der Waals surface area (Å²) in [5.74, 6) is -0.101. The highest BCUT2D eigenvalue weighted by atomic mass is 35.5. The van der Waals surface area contributed by atoms with Gasteiger partial charge in [0.25, 0.3) is 15.9 Å². The zero-order valence-corrected chi connectivity index (χ0v) is 19.5. The van der Waals surface area contributed by atoms with Crippen LogP contribution in [0.2, 0.25) is 5.02 Å². The first-order chi connectivity index (χ1) is 15.3. The molecule has 3 aromatic rings. The molecule has 0 unspecified atom stereocenters. The van der Waals surface area contributed by atoms with Gasteiger partial charge in [0, 0.05) is 16.3 Å². The van der Waals surface area contributed by atoms with E-state index in [0.29, 0.717) is 22.0 Å². The van der Waals surface area contributed by atoms with Gasteiger partial charge in [0.15, 0.2) is 0 Å². The number of rotatable bonds is 9. The first-order valence-corrected chi connectivity index (χ1v) is 12.0. The monoisotopic (exact) mass is 472 g/mol. The number of ether oxygens (including phenoxy) is 1. The summed E-state index contributed by atoms with van der Waals surface area (Å²) in [4.78, 5) is 12.6. The number of methoxy groups -OCH3 is 1. The Balaban J connectivity index is 1.82. The van der Waals surface area contributed by atoms with Crippen LogP contribution in [0.15, 0.2) is 71.6 Å². The molecule has 168 valence electrons. The number of hydrogen-bond donors (Lipinski definition) is 2. The molecule has 3 aromatic carbocycles. The third-order valence-corrected chi connectivity index (χ3v) is 6.46. The Morgan fingerprint density at radius 2 is 1.78 bits per heavy atom. The van der Waals surface area contributed by atoms with Crippen molar-refractivity contribution in [3.8, 4) is 5.75 Å². The van der Waals surface area contributed by atoms with Crippen molar-refractivity contribution in [2.24, 2.45) is 0 Å². The largest absolute Gasteiger partial charge is 0.495 e. The van der Waals surface area contributed by atoms with E-state index >= 15 is 0 Å². The molecule has 2 N–H and O–H groups in total. The summed E-state index contributed by atoms with van der Waals surface area (Å²) in [5.41, 5.74) is 2.19. The van der Waals surface area contributed by atoms with E-state index in [4.69, 9.17) is 16.3 Å². The minimum atomic E-state index is -3.88. The van der Waals surface area contributed by atoms with Crippen molar-refractivity contribution in [3.63, 3.8) is 0 Å². The van der Waals surface area contributed by atoms with Crippen LogP contribution in [0.4, 0.5) is 11.4 Å². The van der Waals surface area contributed by atoms with Gasteiger partial charge in [-0.15, -0.1) is 0 Å². The number of hydrogen-bond acceptors (Lipinski definition) is 4. The van der Waals surface area contributed by atoms with E-state index in [-0.39, 0.29) is 10.6 Å². The predicted molar refractivity (Wildman–Crippen MR) is 128 cm³/mol. The average molecular weight is 473 g/mol. The molecule has 0 aliphatic carbocycles. The maximum absolute atomic E-state index is 12.9. The Hall–Kier alpha value is -3.03. The van der Waals surface area contributed by atoms with Gasteiger partial charge in [0.05, 0.1) is 17.7 Å². The number of carbonyl (C=O) groups is 1. The zero-order chi connectivity index (χ0) is 23.1. The van der Waals surface area contributed by atoms with Crippen molar-refractivity contribution in [3.05, 3.63) is 82.9 Å². The minimum Gasteiger partial charge on any atom is -0.495 e. The predicted octanol–water partition coefficient (Wildman–Crippen LogP) is 5.74. The summed E-state index contributed by atoms with van der Waals surface area (Å²) < 4.78 is 33.7. The number of sulfonamides is 1. The second-order valence-electron chi connectivity index (χ2n) is 7.23. The molecule has 6 nitrogen and oxygen atoms in total. The van der Waals surface area contributed by atoms with Gasteiger partial charge in [-0.1, -0.05) is 43.1 Å². The van der Waals surface area contributed by atoms with Crippen molar-refractivity contribution in [1.82, 2.24) is 0 Å². The molecule has 0 saturated carbocycles. The summed E-state index contributed by atoms with van der Waals surface area (Å²) in [5, 5.41) is 3.12. The van der Waals surface area contributed by atoms with Gasteiger partial charge >= 0.3 is 0 Å². The van der Waals surface area contributed by atoms with Crippen LogP contribution >= 0.6 is 11.6 Å². The summed E-state index contributed by atoms with van der Waals surface area (Å²) in [6, 6.07) is 18.1. The molecule has 0 aliphatic heterocycles. The molecule has 0 aliphatic rings. The van der Waals surface area contributed by atoms with Crippen molar-refractivity contribution in [2.75, 3.05) is 17.1 Å². The number of halogens is 1. The second kappa shape index (κ2) is 10.5. The van der Waals surface area contributed by atoms with Crippen molar-refractivity contribution < 1.29 is 17.9 Å². The third kappa shape index (κ3) is 6.02. The number of anilines is 2. The summed E-state index contributed by atoms with van der Waals surface area (Å²) in [7, 11) is -2.43. The molecular formula is C24H25ClN2O4S. The third-order valence-electron chi connectivity index (χ3n) is 4.84. The Morgan fingerprint density at radius 3 is 2.44 bits per heavy atom. The van der Waals surface area contributed by atoms with E-state index in [9.17, 15) is 13.2 Å². The lowest BCUT2D eigenvalue weighted by atomic mass is 10.1. The standard InChI is InChI=1S/C24H25ClN2O4S/c1-3-4-6-17-9-11-20(12-10-17)27-32(29,30)21-13-14-23(31-2)22(16-21)26-24(28)18-7-5-8-19(25)15-18/h5,7-16,27H,3-4,6H2,1-2H3,(H,26,28). The van der Waals surface area contributed by atoms with Gasteiger partial charge in [-0.2, -0.15) is 0 Å². The number of carbonyl (C=O) groups excluding carboxylic acids is 1. The molecule has 3 rings (SSSR count). The fourth-order valence-electron chi connectivity index (χ4n) is 3.11. The fraction of sp³-hybridized carbons (Fsp3) is 0.208. The lowest BCUT2D eigenvalue weighted by Gasteiger charge is -2.14. The second-order valence-corrected chi connectivity index (χ2v) is 9.35. The van der Waals surface area contributed by atoms with E-state index in [2.05, 4.69) is 17.0 Å². The number of benzene rings is 3. The molecule has 0 saturated heterocycles. The molecule has 0 radical (unpaired) electrons. The molecule has 0 spiro atoms. The smallest absolute Gasteiger partial charge is 0.261 e. The Bertz CT molecular complexity index is 1190. The van der Waals surface area contributed by atoms with Crippen LogP contribution in [-0.2, 0) is 16.4 Å². The topological polar surface area (TPSA) is 84.5 Å². The van der Waals surface area contributed by atoms with Crippen molar-refractivity contribution in [2.45, 2.75) is 31.1 Å². The molecule has 0 heterocycles. The number of aryl methyl sites for hydroxylation is 1. The lowest BCUT2D eigenvalue weighted by molar-refractivity contribution is 0.102. The normalized spacial score (nSPS) is 11.1. The molecule has 0 atom stereocenters. The van der Waals surface area contributed by atoms with E-state index in [0.717, 1.165) is 24.8 Å². The maximum Gasteiger partial charge on any atom is 0.261 e. The van der Waals surface area contributed by atoms with Gasteiger partial charge in [-0.3, -0.25) is 9.52 Å². The van der Waals surface area contributed by atoms with Gasteiger partial charge in [0.1, 0.15) is 5.75 Å². The Kier molecular flexibility index (Phi) is 7.77. The highest BCUT2D eigenvalue weighted by molar-refractivity contribution is 7.92. The maximum atomic E-state index is 12.9. The van der Waals surface area contributed by atoms with Crippen LogP contribution in [-0.4, -0.2) is 21.4 Å². The van der Waals surface area contributed by atoms with Crippen LogP contribution in [0.25, 0.3) is 0 Å². The summed E-state index contributed by atoms with van der Waals surface area (Å²) >= 11 is 5.95. The van der Waals surface area contributed by atoms with E-state index in [1.807, 2.05) is 12.1 Å². The number of nitrogens with one attached hydrogen (secondary N) is 2. The fourth-order valence-corrected chi connectivity index (χ4v) is 4.39. The Morgan fingerprint density at radius 1 is 1.03 bits per heavy atom. The van der Waals surface area contributed by atoms with Crippen molar-refractivity contribution in [1.29, 1.82) is 0 Å². The zero-order valence-electron chi connectivity index (χ0n) is 17.9. The van der Waals surface area contributed by atoms with Gasteiger partial charge in [0.2, 0.25) is 0 Å². The van der Waals surface area contributed by atoms with Gasteiger partial charge in [-0.05, 0) is 66.9 Å². The number of amides is 1. The van der Waals surface area contributed by atoms with Crippen LogP contribution in [0.1, 0.15) is 35.7 Å². The van der Waals surface area contributed by atoms with Crippen LogP contribution in [0.3, 0.4) is 0 Å². The molecule has 8 heteroatoms. The van der Waals surface area contributed by atoms with E-state index in [1.54, 1.807) is 30.3 Å². The SMILES string of the molecule is CCCCc1ccc(NS(=O)(=O)c2ccc(OC)c(NC(=O)c3cccc(Cl)c3)c2)cc1. The molecular weight excluding hydrogens is 448 g/mol. The molecule has 0 aromatic heterocycles. The highest BCUT2D eigenvalue weighted by Crippen LogP contribution is 2.29. The van der Waals surface area contributed by atoms with E-state index in [1.165, 1.54) is 31.4 Å². The Labute approximate surface area is 193 Å². The van der Waals surface area contributed by atoms with Crippen LogP contribution in [0.5, 0.6) is 5.75 Å². The van der Waals surface area contributed by atoms with Crippen molar-refractivity contribution >= 4 is 38.9 Å². The minimum absolute atomic E-state index is 0.00486. The summed E-state index contributed by atoms with van der Waals surface area (Å²) in [6.07, 6.45) is 3.14. The van der Waals surface area contributed by atoms with Gasteiger partial charge < -0.3 is 10.1 Å². The van der Waals surface area contributed by atoms with Crippen LogP contribution < -0.4 is 14.8 Å². The first-order valence-electron chi connectivity index (χ1n) is 10.2. The highest BCUT2D eigenvalue weighted by Gasteiger charge is 2.18. The van der Waals surface area contributed by atoms with Gasteiger partial charge in [-0.25, -0.2) is 8.42 Å². The molecule has 0 fully saturated rings. The quantitative estimate of drug-likeness (QED) is 0.415.